The molecule has 0 aliphatic carbocycles. The number of hydrogen-bond donors (Lipinski definition) is 3. The Balaban J connectivity index is 0.000000572. The van der Waals surface area contributed by atoms with E-state index < -0.39 is 28.1 Å². The van der Waals surface area contributed by atoms with E-state index in [1.807, 2.05) is 4.90 Å². The van der Waals surface area contributed by atoms with E-state index in [0.29, 0.717) is 32.0 Å². The van der Waals surface area contributed by atoms with Gasteiger partial charge in [0.05, 0.1) is 29.4 Å². The Morgan fingerprint density at radius 2 is 1.50 bits per heavy atom. The molecule has 0 saturated carbocycles. The fourth-order valence-corrected chi connectivity index (χ4v) is 4.25. The average Bonchev–Trinajstić information content (AvgIpc) is 2.78. The van der Waals surface area contributed by atoms with Crippen molar-refractivity contribution in [1.29, 1.82) is 0 Å². The molecule has 0 aromatic heterocycles. The molecule has 13 heteroatoms. The van der Waals surface area contributed by atoms with E-state index in [2.05, 4.69) is 25.5 Å². The summed E-state index contributed by atoms with van der Waals surface area (Å²) in [4.78, 5) is 22.7. The zero-order chi connectivity index (χ0) is 27.3. The third-order valence-corrected chi connectivity index (χ3v) is 6.50. The fourth-order valence-electron chi connectivity index (χ4n) is 3.20. The Morgan fingerprint density at radius 3 is 1.94 bits per heavy atom. The molecule has 36 heavy (non-hydrogen) atoms. The van der Waals surface area contributed by atoms with Crippen LogP contribution < -0.4 is 9.62 Å². The number of anilines is 2. The Morgan fingerprint density at radius 1 is 0.972 bits per heavy atom. The smallest absolute Gasteiger partial charge is 0.478 e. The molecule has 3 rings (SSSR count). The van der Waals surface area contributed by atoms with Crippen LogP contribution >= 0.6 is 0 Å². The van der Waals surface area contributed by atoms with Gasteiger partial charge in [-0.25, -0.2) is 18.0 Å². The summed E-state index contributed by atoms with van der Waals surface area (Å²) in [5.74, 6) is -3.87. The van der Waals surface area contributed by atoms with Crippen LogP contribution in [0.25, 0.3) is 0 Å². The first-order valence-electron chi connectivity index (χ1n) is 10.7. The lowest BCUT2D eigenvalue weighted by molar-refractivity contribution is -0.192. The molecule has 1 aliphatic heterocycles. The molecule has 0 unspecified atom stereocenters. The number of benzene rings is 2. The third-order valence-electron chi connectivity index (χ3n) is 5.10. The van der Waals surface area contributed by atoms with E-state index >= 15 is 0 Å². The second kappa shape index (κ2) is 11.2. The first kappa shape index (κ1) is 28.9. The van der Waals surface area contributed by atoms with Crippen molar-refractivity contribution in [2.45, 2.75) is 37.3 Å². The number of nitrogens with one attached hydrogen (secondary N) is 1. The van der Waals surface area contributed by atoms with Gasteiger partial charge in [-0.15, -0.1) is 0 Å². The molecule has 0 amide bonds. The normalized spacial score (nSPS) is 14.4. The van der Waals surface area contributed by atoms with Crippen LogP contribution in [0.1, 0.15) is 36.7 Å². The molecule has 0 spiro atoms. The van der Waals surface area contributed by atoms with Crippen molar-refractivity contribution in [1.82, 2.24) is 0 Å². The van der Waals surface area contributed by atoms with Gasteiger partial charge in [-0.05, 0) is 41.3 Å². The van der Waals surface area contributed by atoms with Gasteiger partial charge in [-0.3, -0.25) is 4.72 Å². The summed E-state index contributed by atoms with van der Waals surface area (Å²) in [5.41, 5.74) is 1.76. The molecular formula is C23H27F3N2O7S. The number of rotatable bonds is 5. The van der Waals surface area contributed by atoms with Gasteiger partial charge in [-0.2, -0.15) is 13.2 Å². The first-order chi connectivity index (χ1) is 16.5. The van der Waals surface area contributed by atoms with Gasteiger partial charge >= 0.3 is 18.1 Å². The molecule has 198 valence electrons. The maximum absolute atomic E-state index is 12.7. The van der Waals surface area contributed by atoms with Crippen molar-refractivity contribution in [2.24, 2.45) is 0 Å². The van der Waals surface area contributed by atoms with E-state index in [-0.39, 0.29) is 21.6 Å². The molecule has 2 aromatic carbocycles. The molecule has 2 aromatic rings. The summed E-state index contributed by atoms with van der Waals surface area (Å²) in [6.45, 7) is 8.39. The number of halogens is 3. The third kappa shape index (κ3) is 7.85. The molecule has 1 aliphatic rings. The van der Waals surface area contributed by atoms with Gasteiger partial charge < -0.3 is 19.8 Å². The predicted molar refractivity (Wildman–Crippen MR) is 126 cm³/mol. The minimum Gasteiger partial charge on any atom is -0.478 e. The highest BCUT2D eigenvalue weighted by Gasteiger charge is 2.38. The van der Waals surface area contributed by atoms with Crippen LogP contribution in [0.2, 0.25) is 0 Å². The number of carbonyl (C=O) groups is 2. The SMILES string of the molecule is CC(C)(C)c1ccc(S(=O)(=O)Nc2ccc(N3CCOCC3)c(C(=O)O)c2)cc1.O=C(O)C(F)(F)F. The predicted octanol–water partition coefficient (Wildman–Crippen LogP) is 3.95. The van der Waals surface area contributed by atoms with Crippen molar-refractivity contribution in [2.75, 3.05) is 35.9 Å². The standard InChI is InChI=1S/C21H26N2O5S.C2HF3O2/c1-21(2,3)15-4-7-17(8-5-15)29(26,27)22-16-6-9-19(18(14-16)20(24)25)23-10-12-28-13-11-23;3-2(4,5)1(6)7/h4-9,14,22H,10-13H2,1-3H3,(H,24,25);(H,6,7). The van der Waals surface area contributed by atoms with Gasteiger partial charge in [0.15, 0.2) is 0 Å². The summed E-state index contributed by atoms with van der Waals surface area (Å²) in [7, 11) is -3.83. The maximum atomic E-state index is 12.7. The first-order valence-corrected chi connectivity index (χ1v) is 12.1. The highest BCUT2D eigenvalue weighted by molar-refractivity contribution is 7.92. The number of aromatic carboxylic acids is 1. The van der Waals surface area contributed by atoms with E-state index in [1.165, 1.54) is 6.07 Å². The lowest BCUT2D eigenvalue weighted by Crippen LogP contribution is -2.37. The van der Waals surface area contributed by atoms with Crippen LogP contribution in [-0.2, 0) is 25.0 Å². The van der Waals surface area contributed by atoms with E-state index in [1.54, 1.807) is 36.4 Å². The summed E-state index contributed by atoms with van der Waals surface area (Å²) < 4.78 is 65.0. The van der Waals surface area contributed by atoms with Crippen LogP contribution in [0.15, 0.2) is 47.4 Å². The zero-order valence-electron chi connectivity index (χ0n) is 19.8. The molecule has 1 heterocycles. The van der Waals surface area contributed by atoms with Crippen LogP contribution in [0.4, 0.5) is 24.5 Å². The number of nitrogens with zero attached hydrogens (tertiary/aromatic N) is 1. The second-order valence-corrected chi connectivity index (χ2v) is 10.5. The van der Waals surface area contributed by atoms with Crippen molar-refractivity contribution in [3.8, 4) is 0 Å². The number of sulfonamides is 1. The minimum atomic E-state index is -5.08. The van der Waals surface area contributed by atoms with Crippen LogP contribution in [0, 0.1) is 0 Å². The number of ether oxygens (including phenoxy) is 1. The molecule has 0 atom stereocenters. The Hall–Kier alpha value is -3.32. The van der Waals surface area contributed by atoms with Crippen molar-refractivity contribution >= 4 is 33.3 Å². The Labute approximate surface area is 206 Å². The molecule has 1 saturated heterocycles. The Kier molecular flexibility index (Phi) is 8.97. The molecule has 3 N–H and O–H groups in total. The summed E-state index contributed by atoms with van der Waals surface area (Å²) >= 11 is 0. The highest BCUT2D eigenvalue weighted by Crippen LogP contribution is 2.28. The van der Waals surface area contributed by atoms with Crippen LogP contribution in [-0.4, -0.2) is 63.0 Å². The molecule has 9 nitrogen and oxygen atoms in total. The fraction of sp³-hybridized carbons (Fsp3) is 0.391. The second-order valence-electron chi connectivity index (χ2n) is 8.82. The molecular weight excluding hydrogens is 505 g/mol. The topological polar surface area (TPSA) is 133 Å². The monoisotopic (exact) mass is 532 g/mol. The maximum Gasteiger partial charge on any atom is 0.490 e. The van der Waals surface area contributed by atoms with Gasteiger partial charge in [0.25, 0.3) is 10.0 Å². The van der Waals surface area contributed by atoms with Crippen LogP contribution in [0.3, 0.4) is 0 Å². The van der Waals surface area contributed by atoms with Gasteiger partial charge in [0.2, 0.25) is 0 Å². The Bertz CT molecular complexity index is 1190. The quantitative estimate of drug-likeness (QED) is 0.527. The lowest BCUT2D eigenvalue weighted by atomic mass is 9.87. The molecule has 0 bridgehead atoms. The minimum absolute atomic E-state index is 0.0511. The van der Waals surface area contributed by atoms with E-state index in [9.17, 15) is 31.5 Å². The van der Waals surface area contributed by atoms with Gasteiger partial charge in [0.1, 0.15) is 0 Å². The summed E-state index contributed by atoms with van der Waals surface area (Å²) in [6.07, 6.45) is -5.08. The molecule has 1 fully saturated rings. The van der Waals surface area contributed by atoms with Gasteiger partial charge in [-0.1, -0.05) is 32.9 Å². The molecule has 0 radical (unpaired) electrons. The number of hydrogen-bond acceptors (Lipinski definition) is 6. The summed E-state index contributed by atoms with van der Waals surface area (Å²) in [6, 6.07) is 11.3. The highest BCUT2D eigenvalue weighted by atomic mass is 32.2. The number of carboxylic acid groups (broad SMARTS) is 2. The van der Waals surface area contributed by atoms with Crippen molar-refractivity contribution in [3.63, 3.8) is 0 Å². The number of aliphatic carboxylic acids is 1. The van der Waals surface area contributed by atoms with Crippen molar-refractivity contribution < 1.29 is 46.1 Å². The van der Waals surface area contributed by atoms with Crippen LogP contribution in [0.5, 0.6) is 0 Å². The largest absolute Gasteiger partial charge is 0.490 e. The van der Waals surface area contributed by atoms with E-state index in [4.69, 9.17) is 14.6 Å². The zero-order valence-corrected chi connectivity index (χ0v) is 20.6. The average molecular weight is 533 g/mol. The van der Waals surface area contributed by atoms with Gasteiger partial charge in [0, 0.05) is 18.8 Å². The van der Waals surface area contributed by atoms with Crippen molar-refractivity contribution in [3.05, 3.63) is 53.6 Å². The lowest BCUT2D eigenvalue weighted by Gasteiger charge is -2.30. The number of alkyl halides is 3. The number of morpholine rings is 1. The summed E-state index contributed by atoms with van der Waals surface area (Å²) in [5, 5.41) is 16.7. The number of carboxylic acids is 2. The van der Waals surface area contributed by atoms with E-state index in [0.717, 1.165) is 5.56 Å².